The summed E-state index contributed by atoms with van der Waals surface area (Å²) in [6, 6.07) is 33.3. The van der Waals surface area contributed by atoms with Crippen LogP contribution >= 0.6 is 0 Å². The van der Waals surface area contributed by atoms with Crippen molar-refractivity contribution in [2.45, 2.75) is 0 Å². The first-order chi connectivity index (χ1) is 12.9. The highest BCUT2D eigenvalue weighted by Gasteiger charge is 2.07. The van der Waals surface area contributed by atoms with Crippen molar-refractivity contribution in [2.75, 3.05) is 5.32 Å². The maximum absolute atomic E-state index is 5.97. The molecule has 0 aliphatic carbocycles. The normalized spacial score (nSPS) is 11.1. The van der Waals surface area contributed by atoms with E-state index < -0.39 is 0 Å². The Hall–Kier alpha value is -3.52. The first kappa shape index (κ1) is 14.8. The predicted octanol–water partition coefficient (Wildman–Crippen LogP) is 7.00. The highest BCUT2D eigenvalue weighted by molar-refractivity contribution is 6.05. The smallest absolute Gasteiger partial charge is 0.137 e. The molecule has 0 radical (unpaired) electrons. The number of furan rings is 1. The van der Waals surface area contributed by atoms with Gasteiger partial charge in [-0.15, -0.1) is 0 Å². The van der Waals surface area contributed by atoms with E-state index in [0.717, 1.165) is 33.3 Å². The van der Waals surface area contributed by atoms with Crippen molar-refractivity contribution < 1.29 is 4.42 Å². The Morgan fingerprint density at radius 1 is 0.500 bits per heavy atom. The molecule has 26 heavy (non-hydrogen) atoms. The fraction of sp³-hybridized carbons (Fsp3) is 0. The third-order valence-corrected chi connectivity index (χ3v) is 4.66. The van der Waals surface area contributed by atoms with E-state index in [2.05, 4.69) is 78.1 Å². The van der Waals surface area contributed by atoms with Crippen LogP contribution in [-0.4, -0.2) is 0 Å². The van der Waals surface area contributed by atoms with Crippen molar-refractivity contribution in [1.82, 2.24) is 0 Å². The number of rotatable bonds is 3. The molecule has 1 heterocycles. The van der Waals surface area contributed by atoms with Gasteiger partial charge in [-0.05, 0) is 41.5 Å². The molecule has 4 aromatic carbocycles. The van der Waals surface area contributed by atoms with Crippen molar-refractivity contribution in [1.29, 1.82) is 0 Å². The van der Waals surface area contributed by atoms with Crippen molar-refractivity contribution in [2.24, 2.45) is 0 Å². The maximum atomic E-state index is 5.97. The van der Waals surface area contributed by atoms with Crippen LogP contribution in [0.2, 0.25) is 0 Å². The lowest BCUT2D eigenvalue weighted by molar-refractivity contribution is 0.669. The van der Waals surface area contributed by atoms with Crippen LogP contribution in [0.15, 0.2) is 101 Å². The summed E-state index contributed by atoms with van der Waals surface area (Å²) in [7, 11) is 0. The minimum absolute atomic E-state index is 0.900. The molecule has 5 aromatic rings. The van der Waals surface area contributed by atoms with E-state index in [1.807, 2.05) is 24.3 Å². The largest absolute Gasteiger partial charge is 0.456 e. The molecule has 0 saturated carbocycles. The van der Waals surface area contributed by atoms with E-state index in [-0.39, 0.29) is 0 Å². The van der Waals surface area contributed by atoms with Crippen LogP contribution < -0.4 is 5.32 Å². The number of nitrogens with one attached hydrogen (secondary N) is 1. The number of fused-ring (bicyclic) bond motifs is 3. The summed E-state index contributed by atoms with van der Waals surface area (Å²) < 4.78 is 5.97. The van der Waals surface area contributed by atoms with Crippen LogP contribution in [0, 0.1) is 0 Å². The van der Waals surface area contributed by atoms with E-state index in [4.69, 9.17) is 4.42 Å². The molecule has 124 valence electrons. The predicted molar refractivity (Wildman–Crippen MR) is 109 cm³/mol. The van der Waals surface area contributed by atoms with Gasteiger partial charge in [0.05, 0.1) is 0 Å². The zero-order valence-electron chi connectivity index (χ0n) is 14.1. The summed E-state index contributed by atoms with van der Waals surface area (Å²) in [6.45, 7) is 0. The van der Waals surface area contributed by atoms with Crippen LogP contribution in [0.5, 0.6) is 0 Å². The number of hydrogen-bond acceptors (Lipinski definition) is 2. The SMILES string of the molecule is c1ccc(-c2ccc(Nc3ccc4c(c3)oc3ccccc34)cc2)cc1. The Balaban J connectivity index is 1.44. The molecule has 0 saturated heterocycles. The summed E-state index contributed by atoms with van der Waals surface area (Å²) in [4.78, 5) is 0. The first-order valence-electron chi connectivity index (χ1n) is 8.71. The Morgan fingerprint density at radius 2 is 1.15 bits per heavy atom. The van der Waals surface area contributed by atoms with Gasteiger partial charge in [-0.1, -0.05) is 60.7 Å². The number of para-hydroxylation sites is 1. The van der Waals surface area contributed by atoms with Gasteiger partial charge in [0.1, 0.15) is 11.2 Å². The van der Waals surface area contributed by atoms with Gasteiger partial charge in [0, 0.05) is 28.2 Å². The van der Waals surface area contributed by atoms with E-state index in [0.29, 0.717) is 0 Å². The van der Waals surface area contributed by atoms with Gasteiger partial charge < -0.3 is 9.73 Å². The highest BCUT2D eigenvalue weighted by Crippen LogP contribution is 2.31. The van der Waals surface area contributed by atoms with Crippen molar-refractivity contribution in [3.8, 4) is 11.1 Å². The molecular weight excluding hydrogens is 318 g/mol. The molecule has 0 amide bonds. The summed E-state index contributed by atoms with van der Waals surface area (Å²) in [5.74, 6) is 0. The van der Waals surface area contributed by atoms with Crippen LogP contribution in [0.4, 0.5) is 11.4 Å². The molecule has 2 nitrogen and oxygen atoms in total. The monoisotopic (exact) mass is 335 g/mol. The van der Waals surface area contributed by atoms with Gasteiger partial charge in [-0.2, -0.15) is 0 Å². The fourth-order valence-corrected chi connectivity index (χ4v) is 3.35. The fourth-order valence-electron chi connectivity index (χ4n) is 3.35. The van der Waals surface area contributed by atoms with Crippen molar-refractivity contribution in [3.05, 3.63) is 97.1 Å². The third-order valence-electron chi connectivity index (χ3n) is 4.66. The second kappa shape index (κ2) is 6.08. The van der Waals surface area contributed by atoms with Gasteiger partial charge in [0.2, 0.25) is 0 Å². The Labute approximate surface area is 151 Å². The van der Waals surface area contributed by atoms with Crippen LogP contribution in [-0.2, 0) is 0 Å². The molecule has 0 aliphatic rings. The minimum atomic E-state index is 0.900. The molecule has 0 atom stereocenters. The van der Waals surface area contributed by atoms with Crippen molar-refractivity contribution in [3.63, 3.8) is 0 Å². The molecule has 0 spiro atoms. The number of benzene rings is 4. The molecule has 0 bridgehead atoms. The van der Waals surface area contributed by atoms with Gasteiger partial charge >= 0.3 is 0 Å². The van der Waals surface area contributed by atoms with Crippen LogP contribution in [0.3, 0.4) is 0 Å². The van der Waals surface area contributed by atoms with Gasteiger partial charge in [0.15, 0.2) is 0 Å². The molecule has 1 N–H and O–H groups in total. The molecular formula is C24H17NO. The molecule has 1 aromatic heterocycles. The van der Waals surface area contributed by atoms with Gasteiger partial charge in [-0.25, -0.2) is 0 Å². The highest BCUT2D eigenvalue weighted by atomic mass is 16.3. The second-order valence-electron chi connectivity index (χ2n) is 6.38. The van der Waals surface area contributed by atoms with Crippen LogP contribution in [0.25, 0.3) is 33.1 Å². The quantitative estimate of drug-likeness (QED) is 0.384. The second-order valence-corrected chi connectivity index (χ2v) is 6.38. The van der Waals surface area contributed by atoms with Crippen molar-refractivity contribution >= 4 is 33.3 Å². The van der Waals surface area contributed by atoms with Crippen LogP contribution in [0.1, 0.15) is 0 Å². The summed E-state index contributed by atoms with van der Waals surface area (Å²) in [5, 5.41) is 5.76. The zero-order chi connectivity index (χ0) is 17.3. The number of anilines is 2. The average molecular weight is 335 g/mol. The Kier molecular flexibility index (Phi) is 3.46. The van der Waals surface area contributed by atoms with E-state index in [9.17, 15) is 0 Å². The summed E-state index contributed by atoms with van der Waals surface area (Å²) in [6.07, 6.45) is 0. The van der Waals surface area contributed by atoms with Gasteiger partial charge in [0.25, 0.3) is 0 Å². The van der Waals surface area contributed by atoms with E-state index >= 15 is 0 Å². The van der Waals surface area contributed by atoms with E-state index in [1.54, 1.807) is 0 Å². The lowest BCUT2D eigenvalue weighted by atomic mass is 10.1. The Bertz CT molecular complexity index is 1190. The lowest BCUT2D eigenvalue weighted by Gasteiger charge is -2.08. The first-order valence-corrected chi connectivity index (χ1v) is 8.71. The Morgan fingerprint density at radius 3 is 2.00 bits per heavy atom. The average Bonchev–Trinajstić information content (AvgIpc) is 3.07. The van der Waals surface area contributed by atoms with Gasteiger partial charge in [-0.3, -0.25) is 0 Å². The van der Waals surface area contributed by atoms with E-state index in [1.165, 1.54) is 11.1 Å². The zero-order valence-corrected chi connectivity index (χ0v) is 14.1. The summed E-state index contributed by atoms with van der Waals surface area (Å²) in [5.41, 5.74) is 6.33. The summed E-state index contributed by atoms with van der Waals surface area (Å²) >= 11 is 0. The third kappa shape index (κ3) is 2.62. The number of hydrogen-bond donors (Lipinski definition) is 1. The molecule has 2 heteroatoms. The minimum Gasteiger partial charge on any atom is -0.456 e. The molecule has 0 aliphatic heterocycles. The lowest BCUT2D eigenvalue weighted by Crippen LogP contribution is -1.89. The maximum Gasteiger partial charge on any atom is 0.137 e. The standard InChI is InChI=1S/C24H17NO/c1-2-6-17(7-3-1)18-10-12-19(13-11-18)25-20-14-15-22-21-8-4-5-9-23(21)26-24(22)16-20/h1-16,25H. The topological polar surface area (TPSA) is 25.2 Å². The molecule has 5 rings (SSSR count). The molecule has 0 unspecified atom stereocenters. The molecule has 0 fully saturated rings.